The first-order chi connectivity index (χ1) is 13.0. The van der Waals surface area contributed by atoms with Crippen LogP contribution in [0.3, 0.4) is 0 Å². The highest BCUT2D eigenvalue weighted by molar-refractivity contribution is 6.00. The molecule has 0 aliphatic carbocycles. The summed E-state index contributed by atoms with van der Waals surface area (Å²) in [5.41, 5.74) is 7.58. The summed E-state index contributed by atoms with van der Waals surface area (Å²) in [5.74, 6) is 0.355. The van der Waals surface area contributed by atoms with Crippen LogP contribution in [0.25, 0.3) is 11.3 Å². The Balaban J connectivity index is 1.86. The number of benzene rings is 1. The quantitative estimate of drug-likeness (QED) is 0.798. The van der Waals surface area contributed by atoms with Crippen molar-refractivity contribution < 1.29 is 9.90 Å². The van der Waals surface area contributed by atoms with Gasteiger partial charge in [-0.3, -0.25) is 4.79 Å². The highest BCUT2D eigenvalue weighted by Gasteiger charge is 2.36. The number of aliphatic hydroxyl groups excluding tert-OH is 1. The number of anilines is 1. The number of nitrogens with zero attached hydrogens (tertiary/aromatic N) is 4. The summed E-state index contributed by atoms with van der Waals surface area (Å²) in [6.07, 6.45) is 1.51. The van der Waals surface area contributed by atoms with Crippen molar-refractivity contribution >= 4 is 11.9 Å². The average molecular weight is 369 g/mol. The van der Waals surface area contributed by atoms with Gasteiger partial charge in [0, 0.05) is 43.9 Å². The van der Waals surface area contributed by atoms with Crippen LogP contribution in [0, 0.1) is 11.8 Å². The van der Waals surface area contributed by atoms with E-state index in [1.807, 2.05) is 30.3 Å². The van der Waals surface area contributed by atoms with Gasteiger partial charge in [0.15, 0.2) is 0 Å². The molecule has 0 bridgehead atoms. The molecule has 0 unspecified atom stereocenters. The van der Waals surface area contributed by atoms with Crippen molar-refractivity contribution in [1.82, 2.24) is 19.8 Å². The first kappa shape index (κ1) is 19.3. The molecule has 1 aromatic heterocycles. The standard InChI is InChI=1S/C20H27N5O2/c1-3-24(2)10-15-11-25(12-16(15)13-26)19(27)17-9-22-20(21)23-18(17)14-7-5-4-6-8-14/h4-9,15-16,26H,3,10-13H2,1-2H3,(H2,21,22,23)/t15-,16-/m1/s1. The Labute approximate surface area is 159 Å². The molecule has 0 spiro atoms. The predicted molar refractivity (Wildman–Crippen MR) is 105 cm³/mol. The SMILES string of the molecule is CCN(C)C[C@@H]1CN(C(=O)c2cnc(N)nc2-c2ccccc2)C[C@@H]1CO. The molecule has 1 aliphatic rings. The lowest BCUT2D eigenvalue weighted by atomic mass is 9.96. The summed E-state index contributed by atoms with van der Waals surface area (Å²) in [7, 11) is 2.06. The first-order valence-corrected chi connectivity index (χ1v) is 9.30. The van der Waals surface area contributed by atoms with Crippen molar-refractivity contribution in [3.8, 4) is 11.3 Å². The lowest BCUT2D eigenvalue weighted by Crippen LogP contribution is -2.32. The van der Waals surface area contributed by atoms with E-state index in [2.05, 4.69) is 28.8 Å². The first-order valence-electron chi connectivity index (χ1n) is 9.30. The van der Waals surface area contributed by atoms with Crippen molar-refractivity contribution in [3.63, 3.8) is 0 Å². The molecule has 1 aromatic carbocycles. The van der Waals surface area contributed by atoms with Crippen LogP contribution < -0.4 is 5.73 Å². The van der Waals surface area contributed by atoms with Gasteiger partial charge in [-0.15, -0.1) is 0 Å². The number of hydrogen-bond donors (Lipinski definition) is 2. The average Bonchev–Trinajstić information content (AvgIpc) is 3.10. The van der Waals surface area contributed by atoms with Gasteiger partial charge in [0.2, 0.25) is 5.95 Å². The van der Waals surface area contributed by atoms with Crippen LogP contribution >= 0.6 is 0 Å². The molecule has 3 N–H and O–H groups in total. The fraction of sp³-hybridized carbons (Fsp3) is 0.450. The Bertz CT molecular complexity index is 783. The van der Waals surface area contributed by atoms with Gasteiger partial charge < -0.3 is 20.6 Å². The fourth-order valence-corrected chi connectivity index (χ4v) is 3.59. The molecule has 7 heteroatoms. The smallest absolute Gasteiger partial charge is 0.257 e. The van der Waals surface area contributed by atoms with Gasteiger partial charge in [-0.1, -0.05) is 37.3 Å². The summed E-state index contributed by atoms with van der Waals surface area (Å²) >= 11 is 0. The van der Waals surface area contributed by atoms with E-state index in [1.165, 1.54) is 6.20 Å². The van der Waals surface area contributed by atoms with Gasteiger partial charge >= 0.3 is 0 Å². The molecule has 0 radical (unpaired) electrons. The number of likely N-dealkylation sites (tertiary alicyclic amines) is 1. The minimum Gasteiger partial charge on any atom is -0.396 e. The summed E-state index contributed by atoms with van der Waals surface area (Å²) in [6.45, 7) is 5.13. The second-order valence-corrected chi connectivity index (χ2v) is 7.12. The molecule has 144 valence electrons. The van der Waals surface area contributed by atoms with E-state index in [4.69, 9.17) is 5.73 Å². The maximum Gasteiger partial charge on any atom is 0.257 e. The summed E-state index contributed by atoms with van der Waals surface area (Å²) in [4.78, 5) is 25.6. The molecular weight excluding hydrogens is 342 g/mol. The molecule has 2 atom stereocenters. The number of rotatable bonds is 6. The van der Waals surface area contributed by atoms with E-state index in [0.717, 1.165) is 18.7 Å². The van der Waals surface area contributed by atoms with Gasteiger partial charge in [0.1, 0.15) is 0 Å². The Morgan fingerprint density at radius 2 is 2.00 bits per heavy atom. The number of carbonyl (C=O) groups is 1. The lowest BCUT2D eigenvalue weighted by molar-refractivity contribution is 0.0779. The van der Waals surface area contributed by atoms with Crippen molar-refractivity contribution in [2.24, 2.45) is 11.8 Å². The molecule has 1 fully saturated rings. The molecule has 0 saturated carbocycles. The Kier molecular flexibility index (Phi) is 6.03. The molecule has 27 heavy (non-hydrogen) atoms. The summed E-state index contributed by atoms with van der Waals surface area (Å²) in [6, 6.07) is 9.51. The molecule has 3 rings (SSSR count). The number of aliphatic hydroxyl groups is 1. The van der Waals surface area contributed by atoms with Crippen molar-refractivity contribution in [2.75, 3.05) is 45.6 Å². The van der Waals surface area contributed by atoms with E-state index in [-0.39, 0.29) is 30.3 Å². The van der Waals surface area contributed by atoms with Crippen LogP contribution in [0.5, 0.6) is 0 Å². The molecule has 2 heterocycles. The highest BCUT2D eigenvalue weighted by Crippen LogP contribution is 2.28. The summed E-state index contributed by atoms with van der Waals surface area (Å²) < 4.78 is 0. The van der Waals surface area contributed by atoms with E-state index in [0.29, 0.717) is 24.3 Å². The van der Waals surface area contributed by atoms with Crippen LogP contribution in [-0.4, -0.2) is 70.6 Å². The minimum absolute atomic E-state index is 0.0791. The largest absolute Gasteiger partial charge is 0.396 e. The zero-order valence-corrected chi connectivity index (χ0v) is 15.9. The zero-order valence-electron chi connectivity index (χ0n) is 15.9. The Morgan fingerprint density at radius 3 is 2.67 bits per heavy atom. The number of nitrogen functional groups attached to an aromatic ring is 1. The number of nitrogens with two attached hydrogens (primary N) is 1. The number of carbonyl (C=O) groups excluding carboxylic acids is 1. The van der Waals surface area contributed by atoms with E-state index in [1.54, 1.807) is 4.90 Å². The topological polar surface area (TPSA) is 95.6 Å². The van der Waals surface area contributed by atoms with Crippen LogP contribution in [-0.2, 0) is 0 Å². The predicted octanol–water partition coefficient (Wildman–Crippen LogP) is 1.36. The minimum atomic E-state index is -0.117. The third kappa shape index (κ3) is 4.26. The normalized spacial score (nSPS) is 19.6. The maximum absolute atomic E-state index is 13.2. The number of hydrogen-bond acceptors (Lipinski definition) is 6. The number of aromatic nitrogens is 2. The Hall–Kier alpha value is -2.51. The maximum atomic E-state index is 13.2. The lowest BCUT2D eigenvalue weighted by Gasteiger charge is -2.22. The molecule has 1 aliphatic heterocycles. The van der Waals surface area contributed by atoms with Gasteiger partial charge in [-0.2, -0.15) is 0 Å². The zero-order chi connectivity index (χ0) is 19.4. The third-order valence-electron chi connectivity index (χ3n) is 5.27. The third-order valence-corrected chi connectivity index (χ3v) is 5.27. The van der Waals surface area contributed by atoms with Gasteiger partial charge in [0.25, 0.3) is 5.91 Å². The van der Waals surface area contributed by atoms with Gasteiger partial charge in [0.05, 0.1) is 11.3 Å². The summed E-state index contributed by atoms with van der Waals surface area (Å²) in [5, 5.41) is 9.76. The van der Waals surface area contributed by atoms with Crippen molar-refractivity contribution in [1.29, 1.82) is 0 Å². The van der Waals surface area contributed by atoms with Crippen LogP contribution in [0.4, 0.5) is 5.95 Å². The molecule has 7 nitrogen and oxygen atoms in total. The molecule has 1 saturated heterocycles. The molecule has 1 amide bonds. The van der Waals surface area contributed by atoms with E-state index < -0.39 is 0 Å². The van der Waals surface area contributed by atoms with Crippen molar-refractivity contribution in [2.45, 2.75) is 6.92 Å². The van der Waals surface area contributed by atoms with Crippen molar-refractivity contribution in [3.05, 3.63) is 42.1 Å². The number of amides is 1. The fourth-order valence-electron chi connectivity index (χ4n) is 3.59. The monoisotopic (exact) mass is 369 g/mol. The van der Waals surface area contributed by atoms with Crippen LogP contribution in [0.15, 0.2) is 36.5 Å². The molecule has 2 aromatic rings. The Morgan fingerprint density at radius 1 is 1.30 bits per heavy atom. The highest BCUT2D eigenvalue weighted by atomic mass is 16.3. The van der Waals surface area contributed by atoms with Crippen LogP contribution in [0.1, 0.15) is 17.3 Å². The van der Waals surface area contributed by atoms with Gasteiger partial charge in [-0.25, -0.2) is 9.97 Å². The van der Waals surface area contributed by atoms with Gasteiger partial charge in [-0.05, 0) is 19.5 Å². The van der Waals surface area contributed by atoms with E-state index in [9.17, 15) is 9.90 Å². The second kappa shape index (κ2) is 8.45. The molecular formula is C20H27N5O2. The van der Waals surface area contributed by atoms with Crippen LogP contribution in [0.2, 0.25) is 0 Å². The second-order valence-electron chi connectivity index (χ2n) is 7.12. The van der Waals surface area contributed by atoms with E-state index >= 15 is 0 Å².